The van der Waals surface area contributed by atoms with E-state index in [1.165, 1.54) is 24.3 Å². The first-order valence-electron chi connectivity index (χ1n) is 6.51. The van der Waals surface area contributed by atoms with Gasteiger partial charge in [-0.25, -0.2) is 4.79 Å². The first kappa shape index (κ1) is 16.3. The lowest BCUT2D eigenvalue weighted by molar-refractivity contribution is 0.0596. The number of hydrogen-bond acceptors (Lipinski definition) is 7. The Kier molecular flexibility index (Phi) is 4.52. The zero-order chi connectivity index (χ0) is 17.1. The number of carbonyl (C=O) groups excluding carboxylic acids is 2. The van der Waals surface area contributed by atoms with E-state index in [1.807, 2.05) is 0 Å². The number of phenolic OH excluding ortho intramolecular Hbond substituents is 3. The fraction of sp³-hybridized carbons (Fsp3) is 0.125. The molecule has 4 N–H and O–H groups in total. The van der Waals surface area contributed by atoms with Gasteiger partial charge in [0.05, 0.1) is 24.8 Å². The number of rotatable bonds is 4. The Hall–Kier alpha value is -3.06. The highest BCUT2D eigenvalue weighted by Crippen LogP contribution is 2.34. The minimum absolute atomic E-state index is 0.195. The van der Waals surface area contributed by atoms with Gasteiger partial charge in [-0.1, -0.05) is 6.07 Å². The summed E-state index contributed by atoms with van der Waals surface area (Å²) in [6, 6.07) is 6.00. The largest absolute Gasteiger partial charge is 0.507 e. The van der Waals surface area contributed by atoms with E-state index in [9.17, 15) is 24.9 Å². The van der Waals surface area contributed by atoms with Crippen LogP contribution >= 0.6 is 0 Å². The first-order valence-corrected chi connectivity index (χ1v) is 6.51. The van der Waals surface area contributed by atoms with Gasteiger partial charge in [0.25, 0.3) is 0 Å². The van der Waals surface area contributed by atoms with E-state index < -0.39 is 46.7 Å². The molecule has 2 rings (SSSR count). The second-order valence-electron chi connectivity index (χ2n) is 4.69. The second kappa shape index (κ2) is 6.37. The van der Waals surface area contributed by atoms with Crippen LogP contribution in [0, 0.1) is 0 Å². The van der Waals surface area contributed by atoms with E-state index in [4.69, 9.17) is 5.11 Å². The molecule has 0 aliphatic rings. The number of aromatic hydroxyl groups is 3. The number of benzene rings is 2. The molecule has 0 radical (unpaired) electrons. The average Bonchev–Trinajstić information content (AvgIpc) is 2.52. The van der Waals surface area contributed by atoms with Gasteiger partial charge in [-0.15, -0.1) is 0 Å². The van der Waals surface area contributed by atoms with Crippen molar-refractivity contribution in [3.05, 3.63) is 52.6 Å². The standard InChI is InChI=1S/C16H14O7/c1-23-16(22)9-5-8(7-17)6-12(20)13(9)15(21)14-10(18)3-2-4-11(14)19/h2-6,17-20H,7H2,1H3. The topological polar surface area (TPSA) is 124 Å². The zero-order valence-corrected chi connectivity index (χ0v) is 12.1. The highest BCUT2D eigenvalue weighted by molar-refractivity contribution is 6.18. The van der Waals surface area contributed by atoms with Crippen LogP contribution in [0.1, 0.15) is 31.8 Å². The van der Waals surface area contributed by atoms with Crippen LogP contribution in [0.25, 0.3) is 0 Å². The fourth-order valence-electron chi connectivity index (χ4n) is 2.17. The number of ether oxygens (including phenoxy) is 1. The number of carbonyl (C=O) groups is 2. The molecule has 0 aromatic heterocycles. The molecule has 0 saturated heterocycles. The van der Waals surface area contributed by atoms with Crippen LogP contribution in [0.15, 0.2) is 30.3 Å². The van der Waals surface area contributed by atoms with Gasteiger partial charge in [0.15, 0.2) is 0 Å². The molecule has 0 spiro atoms. The maximum absolute atomic E-state index is 12.6. The van der Waals surface area contributed by atoms with Gasteiger partial charge >= 0.3 is 5.97 Å². The van der Waals surface area contributed by atoms with Crippen LogP contribution in [-0.2, 0) is 11.3 Å². The van der Waals surface area contributed by atoms with Crippen LogP contribution in [0.4, 0.5) is 0 Å². The minimum atomic E-state index is -0.956. The average molecular weight is 318 g/mol. The molecule has 0 aliphatic carbocycles. The molecule has 2 aromatic carbocycles. The van der Waals surface area contributed by atoms with E-state index in [2.05, 4.69) is 4.74 Å². The van der Waals surface area contributed by atoms with Gasteiger partial charge in [-0.2, -0.15) is 0 Å². The van der Waals surface area contributed by atoms with E-state index >= 15 is 0 Å². The molecule has 7 heteroatoms. The molecule has 0 aliphatic heterocycles. The highest BCUT2D eigenvalue weighted by Gasteiger charge is 2.27. The highest BCUT2D eigenvalue weighted by atomic mass is 16.5. The number of ketones is 1. The SMILES string of the molecule is COC(=O)c1cc(CO)cc(O)c1C(=O)c1c(O)cccc1O. The Balaban J connectivity index is 2.71. The van der Waals surface area contributed by atoms with Crippen molar-refractivity contribution in [2.75, 3.05) is 7.11 Å². The van der Waals surface area contributed by atoms with Crippen molar-refractivity contribution >= 4 is 11.8 Å². The van der Waals surface area contributed by atoms with Crippen molar-refractivity contribution in [1.29, 1.82) is 0 Å². The van der Waals surface area contributed by atoms with Crippen LogP contribution in [0.3, 0.4) is 0 Å². The molecule has 0 atom stereocenters. The Morgan fingerprint density at radius 1 is 1.00 bits per heavy atom. The Bertz CT molecular complexity index is 760. The molecule has 0 saturated carbocycles. The van der Waals surface area contributed by atoms with Gasteiger partial charge in [0.1, 0.15) is 22.8 Å². The smallest absolute Gasteiger partial charge is 0.338 e. The molecule has 0 bridgehead atoms. The molecule has 23 heavy (non-hydrogen) atoms. The maximum atomic E-state index is 12.6. The minimum Gasteiger partial charge on any atom is -0.507 e. The summed E-state index contributed by atoms with van der Waals surface area (Å²) in [7, 11) is 1.09. The Morgan fingerprint density at radius 3 is 2.13 bits per heavy atom. The molecule has 120 valence electrons. The zero-order valence-electron chi connectivity index (χ0n) is 12.1. The maximum Gasteiger partial charge on any atom is 0.338 e. The summed E-state index contributed by atoms with van der Waals surface area (Å²) >= 11 is 0. The third kappa shape index (κ3) is 2.95. The Morgan fingerprint density at radius 2 is 1.61 bits per heavy atom. The van der Waals surface area contributed by atoms with Crippen molar-refractivity contribution in [3.63, 3.8) is 0 Å². The second-order valence-corrected chi connectivity index (χ2v) is 4.69. The van der Waals surface area contributed by atoms with Gasteiger partial charge in [0, 0.05) is 0 Å². The predicted molar refractivity (Wildman–Crippen MR) is 78.6 cm³/mol. The van der Waals surface area contributed by atoms with Crippen molar-refractivity contribution in [2.24, 2.45) is 0 Å². The predicted octanol–water partition coefficient (Wildman–Crippen LogP) is 1.31. The number of hydrogen-bond donors (Lipinski definition) is 4. The third-order valence-electron chi connectivity index (χ3n) is 3.24. The summed E-state index contributed by atoms with van der Waals surface area (Å²) in [5.74, 6) is -3.45. The van der Waals surface area contributed by atoms with E-state index in [0.717, 1.165) is 13.2 Å². The molecule has 0 fully saturated rings. The van der Waals surface area contributed by atoms with Gasteiger partial charge in [0.2, 0.25) is 5.78 Å². The molecule has 2 aromatic rings. The summed E-state index contributed by atoms with van der Waals surface area (Å²) in [5, 5.41) is 38.8. The number of phenols is 3. The van der Waals surface area contributed by atoms with E-state index in [0.29, 0.717) is 0 Å². The van der Waals surface area contributed by atoms with Crippen LogP contribution in [0.2, 0.25) is 0 Å². The van der Waals surface area contributed by atoms with Crippen molar-refractivity contribution in [3.8, 4) is 17.2 Å². The summed E-state index contributed by atoms with van der Waals surface area (Å²) in [5.41, 5.74) is -0.985. The summed E-state index contributed by atoms with van der Waals surface area (Å²) in [6.45, 7) is -0.464. The van der Waals surface area contributed by atoms with Gasteiger partial charge in [-0.3, -0.25) is 4.79 Å². The monoisotopic (exact) mass is 318 g/mol. The quantitative estimate of drug-likeness (QED) is 0.495. The van der Waals surface area contributed by atoms with Crippen molar-refractivity contribution < 1.29 is 34.8 Å². The molecule has 0 heterocycles. The van der Waals surface area contributed by atoms with Gasteiger partial charge < -0.3 is 25.2 Å². The van der Waals surface area contributed by atoms with Crippen molar-refractivity contribution in [1.82, 2.24) is 0 Å². The molecule has 0 amide bonds. The number of aliphatic hydroxyl groups excluding tert-OH is 1. The summed E-state index contributed by atoms with van der Waals surface area (Å²) in [4.78, 5) is 24.5. The lowest BCUT2D eigenvalue weighted by atomic mass is 9.94. The molecule has 0 unspecified atom stereocenters. The molecule has 7 nitrogen and oxygen atoms in total. The molecular weight excluding hydrogens is 304 g/mol. The lowest BCUT2D eigenvalue weighted by Crippen LogP contribution is -2.13. The number of methoxy groups -OCH3 is 1. The Labute approximate surface area is 131 Å². The summed E-state index contributed by atoms with van der Waals surface area (Å²) in [6.07, 6.45) is 0. The number of aliphatic hydroxyl groups is 1. The van der Waals surface area contributed by atoms with E-state index in [-0.39, 0.29) is 11.1 Å². The first-order chi connectivity index (χ1) is 10.9. The molecular formula is C16H14O7. The van der Waals surface area contributed by atoms with Crippen molar-refractivity contribution in [2.45, 2.75) is 6.61 Å². The van der Waals surface area contributed by atoms with Crippen LogP contribution in [0.5, 0.6) is 17.2 Å². The summed E-state index contributed by atoms with van der Waals surface area (Å²) < 4.78 is 4.57. The third-order valence-corrected chi connectivity index (χ3v) is 3.24. The fourth-order valence-corrected chi connectivity index (χ4v) is 2.17. The lowest BCUT2D eigenvalue weighted by Gasteiger charge is -2.13. The van der Waals surface area contributed by atoms with Gasteiger partial charge in [-0.05, 0) is 29.8 Å². The van der Waals surface area contributed by atoms with E-state index in [1.54, 1.807) is 0 Å². The van der Waals surface area contributed by atoms with Crippen LogP contribution < -0.4 is 0 Å². The van der Waals surface area contributed by atoms with Crippen LogP contribution in [-0.4, -0.2) is 39.3 Å². The normalized spacial score (nSPS) is 10.3. The number of esters is 1.